The maximum Gasteiger partial charge on any atom is 0.220 e. The Kier molecular flexibility index (Phi) is 6.59. The van der Waals surface area contributed by atoms with Crippen molar-refractivity contribution in [2.75, 3.05) is 32.4 Å². The standard InChI is InChI=1S/C11H23N3O3S/c1-18(16,17)14-7-3-6-13-11(15)8-10-4-2-5-12-9-10/h10,12,14H,2-9H2,1H3,(H,13,15). The predicted molar refractivity (Wildman–Crippen MR) is 70.7 cm³/mol. The Morgan fingerprint density at radius 3 is 2.78 bits per heavy atom. The van der Waals surface area contributed by atoms with Gasteiger partial charge >= 0.3 is 0 Å². The van der Waals surface area contributed by atoms with Crippen molar-refractivity contribution < 1.29 is 13.2 Å². The van der Waals surface area contributed by atoms with Crippen LogP contribution < -0.4 is 15.4 Å². The molecule has 6 nitrogen and oxygen atoms in total. The zero-order valence-electron chi connectivity index (χ0n) is 10.9. The Bertz CT molecular complexity index is 351. The Labute approximate surface area is 109 Å². The van der Waals surface area contributed by atoms with Crippen molar-refractivity contribution in [1.29, 1.82) is 0 Å². The molecule has 1 saturated heterocycles. The van der Waals surface area contributed by atoms with Gasteiger partial charge in [-0.15, -0.1) is 0 Å². The molecule has 1 amide bonds. The monoisotopic (exact) mass is 277 g/mol. The predicted octanol–water partition coefficient (Wildman–Crippen LogP) is -0.568. The summed E-state index contributed by atoms with van der Waals surface area (Å²) in [5.41, 5.74) is 0. The molecule has 1 fully saturated rings. The van der Waals surface area contributed by atoms with Gasteiger partial charge in [0.25, 0.3) is 0 Å². The molecule has 3 N–H and O–H groups in total. The van der Waals surface area contributed by atoms with E-state index < -0.39 is 10.0 Å². The summed E-state index contributed by atoms with van der Waals surface area (Å²) in [7, 11) is -3.12. The maximum absolute atomic E-state index is 11.6. The van der Waals surface area contributed by atoms with E-state index in [2.05, 4.69) is 15.4 Å². The first-order valence-corrected chi connectivity index (χ1v) is 8.28. The molecule has 0 aliphatic carbocycles. The lowest BCUT2D eigenvalue weighted by atomic mass is 9.96. The molecule has 0 aromatic heterocycles. The molecule has 1 rings (SSSR count). The van der Waals surface area contributed by atoms with Gasteiger partial charge in [0.1, 0.15) is 0 Å². The van der Waals surface area contributed by atoms with Crippen molar-refractivity contribution >= 4 is 15.9 Å². The Morgan fingerprint density at radius 2 is 2.17 bits per heavy atom. The minimum atomic E-state index is -3.12. The van der Waals surface area contributed by atoms with Gasteiger partial charge in [0.2, 0.25) is 15.9 Å². The molecule has 0 saturated carbocycles. The zero-order valence-corrected chi connectivity index (χ0v) is 11.7. The summed E-state index contributed by atoms with van der Waals surface area (Å²) in [5.74, 6) is 0.496. The van der Waals surface area contributed by atoms with Gasteiger partial charge in [-0.25, -0.2) is 13.1 Å². The molecule has 1 aliphatic rings. The molecule has 0 aromatic carbocycles. The number of sulfonamides is 1. The summed E-state index contributed by atoms with van der Waals surface area (Å²) in [5, 5.41) is 6.09. The fourth-order valence-electron chi connectivity index (χ4n) is 2.01. The van der Waals surface area contributed by atoms with Crippen LogP contribution in [0.4, 0.5) is 0 Å². The van der Waals surface area contributed by atoms with Crippen LogP contribution >= 0.6 is 0 Å². The van der Waals surface area contributed by atoms with E-state index in [1.807, 2.05) is 0 Å². The lowest BCUT2D eigenvalue weighted by molar-refractivity contribution is -0.122. The molecule has 0 aromatic rings. The fraction of sp³-hybridized carbons (Fsp3) is 0.909. The van der Waals surface area contributed by atoms with Gasteiger partial charge in [-0.2, -0.15) is 0 Å². The summed E-state index contributed by atoms with van der Waals surface area (Å²) in [4.78, 5) is 11.6. The molecule has 106 valence electrons. The number of carbonyl (C=O) groups excluding carboxylic acids is 1. The number of rotatable bonds is 7. The van der Waals surface area contributed by atoms with Gasteiger partial charge in [0, 0.05) is 19.5 Å². The maximum atomic E-state index is 11.6. The summed E-state index contributed by atoms with van der Waals surface area (Å²) in [6.07, 6.45) is 4.54. The van der Waals surface area contributed by atoms with Crippen LogP contribution in [0.15, 0.2) is 0 Å². The summed E-state index contributed by atoms with van der Waals surface area (Å²) < 4.78 is 24.0. The highest BCUT2D eigenvalue weighted by molar-refractivity contribution is 7.88. The normalized spacial score (nSPS) is 20.6. The van der Waals surface area contributed by atoms with Crippen LogP contribution in [0.1, 0.15) is 25.7 Å². The third-order valence-corrected chi connectivity index (χ3v) is 3.64. The van der Waals surface area contributed by atoms with E-state index in [0.717, 1.165) is 32.2 Å². The second kappa shape index (κ2) is 7.70. The van der Waals surface area contributed by atoms with E-state index in [-0.39, 0.29) is 5.91 Å². The number of amides is 1. The Hall–Kier alpha value is -0.660. The highest BCUT2D eigenvalue weighted by atomic mass is 32.2. The average Bonchev–Trinajstić information content (AvgIpc) is 2.28. The number of piperidine rings is 1. The van der Waals surface area contributed by atoms with Crippen molar-refractivity contribution in [2.45, 2.75) is 25.7 Å². The van der Waals surface area contributed by atoms with Gasteiger partial charge in [0.15, 0.2) is 0 Å². The van der Waals surface area contributed by atoms with Crippen molar-refractivity contribution in [1.82, 2.24) is 15.4 Å². The van der Waals surface area contributed by atoms with E-state index in [0.29, 0.717) is 31.8 Å². The first-order chi connectivity index (χ1) is 8.47. The zero-order chi connectivity index (χ0) is 13.4. The molecule has 18 heavy (non-hydrogen) atoms. The van der Waals surface area contributed by atoms with Crippen LogP contribution in [0.2, 0.25) is 0 Å². The Balaban J connectivity index is 2.03. The minimum Gasteiger partial charge on any atom is -0.356 e. The average molecular weight is 277 g/mol. The van der Waals surface area contributed by atoms with E-state index in [9.17, 15) is 13.2 Å². The van der Waals surface area contributed by atoms with Gasteiger partial charge in [-0.05, 0) is 38.3 Å². The van der Waals surface area contributed by atoms with Crippen LogP contribution in [0, 0.1) is 5.92 Å². The van der Waals surface area contributed by atoms with Crippen molar-refractivity contribution in [3.63, 3.8) is 0 Å². The van der Waals surface area contributed by atoms with Crippen LogP contribution in [0.3, 0.4) is 0 Å². The highest BCUT2D eigenvalue weighted by Crippen LogP contribution is 2.13. The molecule has 0 spiro atoms. The molecule has 0 bridgehead atoms. The molecule has 1 unspecified atom stereocenters. The third-order valence-electron chi connectivity index (χ3n) is 2.91. The smallest absolute Gasteiger partial charge is 0.220 e. The van der Waals surface area contributed by atoms with E-state index >= 15 is 0 Å². The molecule has 1 aliphatic heterocycles. The van der Waals surface area contributed by atoms with Crippen molar-refractivity contribution in [2.24, 2.45) is 5.92 Å². The van der Waals surface area contributed by atoms with Crippen LogP contribution in [-0.4, -0.2) is 46.8 Å². The first-order valence-electron chi connectivity index (χ1n) is 6.39. The molecule has 1 atom stereocenters. The van der Waals surface area contributed by atoms with Gasteiger partial charge in [-0.1, -0.05) is 0 Å². The molecule has 7 heteroatoms. The quantitative estimate of drug-likeness (QED) is 0.544. The van der Waals surface area contributed by atoms with Crippen molar-refractivity contribution in [3.8, 4) is 0 Å². The van der Waals surface area contributed by atoms with Crippen LogP contribution in [0.5, 0.6) is 0 Å². The lowest BCUT2D eigenvalue weighted by Gasteiger charge is -2.22. The largest absolute Gasteiger partial charge is 0.356 e. The van der Waals surface area contributed by atoms with E-state index in [1.165, 1.54) is 0 Å². The topological polar surface area (TPSA) is 87.3 Å². The minimum absolute atomic E-state index is 0.0584. The number of hydrogen-bond acceptors (Lipinski definition) is 4. The second-order valence-corrected chi connectivity index (χ2v) is 6.62. The number of nitrogens with one attached hydrogen (secondary N) is 3. The van der Waals surface area contributed by atoms with Crippen LogP contribution in [0.25, 0.3) is 0 Å². The van der Waals surface area contributed by atoms with Gasteiger partial charge < -0.3 is 10.6 Å². The molecule has 1 heterocycles. The molecule has 0 radical (unpaired) electrons. The number of hydrogen-bond donors (Lipinski definition) is 3. The number of carbonyl (C=O) groups is 1. The summed E-state index contributed by atoms with van der Waals surface area (Å²) in [6, 6.07) is 0. The van der Waals surface area contributed by atoms with E-state index in [4.69, 9.17) is 0 Å². The van der Waals surface area contributed by atoms with E-state index in [1.54, 1.807) is 0 Å². The SMILES string of the molecule is CS(=O)(=O)NCCCNC(=O)CC1CCCNC1. The highest BCUT2D eigenvalue weighted by Gasteiger charge is 2.16. The first kappa shape index (κ1) is 15.4. The fourth-order valence-corrected chi connectivity index (χ4v) is 2.52. The molecular formula is C11H23N3O3S. The van der Waals surface area contributed by atoms with Crippen LogP contribution in [-0.2, 0) is 14.8 Å². The summed E-state index contributed by atoms with van der Waals surface area (Å²) >= 11 is 0. The Morgan fingerprint density at radius 1 is 1.39 bits per heavy atom. The third kappa shape index (κ3) is 7.62. The van der Waals surface area contributed by atoms with Crippen molar-refractivity contribution in [3.05, 3.63) is 0 Å². The lowest BCUT2D eigenvalue weighted by Crippen LogP contribution is -2.35. The van der Waals surface area contributed by atoms with Gasteiger partial charge in [-0.3, -0.25) is 4.79 Å². The van der Waals surface area contributed by atoms with Gasteiger partial charge in [0.05, 0.1) is 6.26 Å². The summed E-state index contributed by atoms with van der Waals surface area (Å²) in [6.45, 7) is 2.85. The second-order valence-electron chi connectivity index (χ2n) is 4.79. The molecular weight excluding hydrogens is 254 g/mol.